The van der Waals surface area contributed by atoms with E-state index in [2.05, 4.69) is 17.4 Å². The molecule has 1 N–H and O–H groups in total. The van der Waals surface area contributed by atoms with Crippen molar-refractivity contribution in [2.24, 2.45) is 11.8 Å². The molecule has 3 heteroatoms. The Balaban J connectivity index is 1.38. The van der Waals surface area contributed by atoms with E-state index in [0.29, 0.717) is 12.5 Å². The third kappa shape index (κ3) is 3.33. The zero-order valence-electron chi connectivity index (χ0n) is 11.2. The summed E-state index contributed by atoms with van der Waals surface area (Å²) in [6.45, 7) is 0. The highest BCUT2D eigenvalue weighted by Crippen LogP contribution is 2.44. The molecule has 2 aliphatic rings. The van der Waals surface area contributed by atoms with Crippen molar-refractivity contribution in [3.8, 4) is 0 Å². The minimum Gasteiger partial charge on any atom is -0.353 e. The Morgan fingerprint density at radius 1 is 1.21 bits per heavy atom. The fourth-order valence-electron chi connectivity index (χ4n) is 3.48. The highest BCUT2D eigenvalue weighted by Gasteiger charge is 2.39. The molecule has 3 atom stereocenters. The minimum atomic E-state index is 0.237. The van der Waals surface area contributed by atoms with E-state index >= 15 is 0 Å². The first-order valence-corrected chi connectivity index (χ1v) is 8.27. The molecule has 2 fully saturated rings. The van der Waals surface area contributed by atoms with Crippen molar-refractivity contribution in [2.75, 3.05) is 5.75 Å². The lowest BCUT2D eigenvalue weighted by molar-refractivity contribution is -0.121. The molecule has 0 heterocycles. The Labute approximate surface area is 119 Å². The largest absolute Gasteiger partial charge is 0.353 e. The molecule has 0 aromatic heterocycles. The maximum atomic E-state index is 11.9. The predicted molar refractivity (Wildman–Crippen MR) is 79.2 cm³/mol. The first-order valence-electron chi connectivity index (χ1n) is 7.28. The molecule has 1 aromatic rings. The Bertz CT molecular complexity index is 434. The second-order valence-electron chi connectivity index (χ2n) is 5.76. The average Bonchev–Trinajstić information content (AvgIpc) is 3.02. The second-order valence-corrected chi connectivity index (χ2v) is 6.93. The molecule has 3 rings (SSSR count). The van der Waals surface area contributed by atoms with E-state index in [9.17, 15) is 4.79 Å². The van der Waals surface area contributed by atoms with Crippen LogP contribution in [0.4, 0.5) is 0 Å². The fraction of sp³-hybridized carbons (Fsp3) is 0.562. The zero-order chi connectivity index (χ0) is 13.1. The van der Waals surface area contributed by atoms with E-state index in [-0.39, 0.29) is 5.91 Å². The van der Waals surface area contributed by atoms with Gasteiger partial charge in [0.25, 0.3) is 0 Å². The van der Waals surface area contributed by atoms with Crippen LogP contribution in [-0.2, 0) is 4.79 Å². The fourth-order valence-corrected chi connectivity index (χ4v) is 4.35. The lowest BCUT2D eigenvalue weighted by atomic mass is 9.95. The third-order valence-corrected chi connectivity index (χ3v) is 5.44. The van der Waals surface area contributed by atoms with Crippen LogP contribution in [0.5, 0.6) is 0 Å². The van der Waals surface area contributed by atoms with Crippen LogP contribution >= 0.6 is 11.8 Å². The van der Waals surface area contributed by atoms with E-state index < -0.39 is 0 Å². The van der Waals surface area contributed by atoms with E-state index in [0.717, 1.165) is 17.6 Å². The lowest BCUT2D eigenvalue weighted by Gasteiger charge is -2.22. The summed E-state index contributed by atoms with van der Waals surface area (Å²) < 4.78 is 0. The predicted octanol–water partition coefficient (Wildman–Crippen LogP) is 3.47. The molecule has 0 aliphatic heterocycles. The quantitative estimate of drug-likeness (QED) is 0.834. The van der Waals surface area contributed by atoms with Crippen LogP contribution < -0.4 is 5.32 Å². The first-order chi connectivity index (χ1) is 9.31. The van der Waals surface area contributed by atoms with Crippen LogP contribution in [0.15, 0.2) is 35.2 Å². The molecule has 0 unspecified atom stereocenters. The number of benzene rings is 1. The van der Waals surface area contributed by atoms with Crippen LogP contribution in [0.2, 0.25) is 0 Å². The Hall–Kier alpha value is -0.960. The van der Waals surface area contributed by atoms with Gasteiger partial charge < -0.3 is 5.32 Å². The molecular weight excluding hydrogens is 254 g/mol. The normalized spacial score (nSPS) is 28.5. The van der Waals surface area contributed by atoms with Gasteiger partial charge in [0.05, 0.1) is 0 Å². The summed E-state index contributed by atoms with van der Waals surface area (Å²) in [6, 6.07) is 10.8. The van der Waals surface area contributed by atoms with E-state index in [1.807, 2.05) is 18.2 Å². The minimum absolute atomic E-state index is 0.237. The standard InChI is InChI=1S/C16H21NOS/c18-16(8-9-19-14-4-2-1-3-5-14)17-15-11-12-6-7-13(15)10-12/h1-5,12-13,15H,6-11H2,(H,17,18)/t12-,13-,15-/m0/s1. The topological polar surface area (TPSA) is 29.1 Å². The summed E-state index contributed by atoms with van der Waals surface area (Å²) in [6.07, 6.45) is 5.93. The molecule has 2 bridgehead atoms. The van der Waals surface area contributed by atoms with Gasteiger partial charge in [-0.2, -0.15) is 0 Å². The number of hydrogen-bond acceptors (Lipinski definition) is 2. The number of carbonyl (C=O) groups excluding carboxylic acids is 1. The Morgan fingerprint density at radius 3 is 2.74 bits per heavy atom. The number of rotatable bonds is 5. The SMILES string of the molecule is O=C(CCSc1ccccc1)N[C@H]1C[C@H]2CC[C@H]1C2. The van der Waals surface area contributed by atoms with Crippen molar-refractivity contribution >= 4 is 17.7 Å². The van der Waals surface area contributed by atoms with Gasteiger partial charge in [0.15, 0.2) is 0 Å². The van der Waals surface area contributed by atoms with E-state index in [1.54, 1.807) is 11.8 Å². The third-order valence-electron chi connectivity index (χ3n) is 4.43. The average molecular weight is 275 g/mol. The highest BCUT2D eigenvalue weighted by molar-refractivity contribution is 7.99. The molecule has 1 amide bonds. The van der Waals surface area contributed by atoms with E-state index in [4.69, 9.17) is 0 Å². The molecule has 2 aliphatic carbocycles. The van der Waals surface area contributed by atoms with Crippen molar-refractivity contribution in [1.82, 2.24) is 5.32 Å². The molecule has 0 radical (unpaired) electrons. The van der Waals surface area contributed by atoms with Gasteiger partial charge in [0, 0.05) is 23.1 Å². The van der Waals surface area contributed by atoms with Crippen LogP contribution in [0.1, 0.15) is 32.1 Å². The van der Waals surface area contributed by atoms with Gasteiger partial charge in [0.2, 0.25) is 5.91 Å². The van der Waals surface area contributed by atoms with Crippen molar-refractivity contribution in [3.63, 3.8) is 0 Å². The van der Waals surface area contributed by atoms with Gasteiger partial charge in [-0.05, 0) is 43.2 Å². The molecule has 19 heavy (non-hydrogen) atoms. The van der Waals surface area contributed by atoms with Crippen LogP contribution in [0.3, 0.4) is 0 Å². The summed E-state index contributed by atoms with van der Waals surface area (Å²) in [4.78, 5) is 13.2. The van der Waals surface area contributed by atoms with Gasteiger partial charge in [-0.25, -0.2) is 0 Å². The molecular formula is C16H21NOS. The van der Waals surface area contributed by atoms with Crippen molar-refractivity contribution in [2.45, 2.75) is 43.0 Å². The van der Waals surface area contributed by atoms with Crippen LogP contribution in [0.25, 0.3) is 0 Å². The summed E-state index contributed by atoms with van der Waals surface area (Å²) in [5.74, 6) is 2.78. The van der Waals surface area contributed by atoms with Gasteiger partial charge >= 0.3 is 0 Å². The van der Waals surface area contributed by atoms with Gasteiger partial charge in [-0.3, -0.25) is 4.79 Å². The number of amides is 1. The number of nitrogens with one attached hydrogen (secondary N) is 1. The number of thioether (sulfide) groups is 1. The van der Waals surface area contributed by atoms with Crippen LogP contribution in [0, 0.1) is 11.8 Å². The van der Waals surface area contributed by atoms with Crippen molar-refractivity contribution < 1.29 is 4.79 Å². The smallest absolute Gasteiger partial charge is 0.221 e. The zero-order valence-corrected chi connectivity index (χ0v) is 12.0. The number of fused-ring (bicyclic) bond motifs is 2. The number of hydrogen-bond donors (Lipinski definition) is 1. The van der Waals surface area contributed by atoms with Crippen LogP contribution in [-0.4, -0.2) is 17.7 Å². The van der Waals surface area contributed by atoms with Crippen molar-refractivity contribution in [3.05, 3.63) is 30.3 Å². The highest BCUT2D eigenvalue weighted by atomic mass is 32.2. The summed E-state index contributed by atoms with van der Waals surface area (Å²) >= 11 is 1.76. The van der Waals surface area contributed by atoms with Gasteiger partial charge in [-0.1, -0.05) is 24.6 Å². The van der Waals surface area contributed by atoms with Crippen molar-refractivity contribution in [1.29, 1.82) is 0 Å². The second kappa shape index (κ2) is 6.00. The molecule has 102 valence electrons. The molecule has 2 nitrogen and oxygen atoms in total. The van der Waals surface area contributed by atoms with Gasteiger partial charge in [-0.15, -0.1) is 11.8 Å². The maximum absolute atomic E-state index is 11.9. The summed E-state index contributed by atoms with van der Waals surface area (Å²) in [5, 5.41) is 3.24. The summed E-state index contributed by atoms with van der Waals surface area (Å²) in [7, 11) is 0. The monoisotopic (exact) mass is 275 g/mol. The molecule has 1 aromatic carbocycles. The summed E-state index contributed by atoms with van der Waals surface area (Å²) in [5.41, 5.74) is 0. The Kier molecular flexibility index (Phi) is 4.12. The molecule has 2 saturated carbocycles. The lowest BCUT2D eigenvalue weighted by Crippen LogP contribution is -2.38. The first kappa shape index (κ1) is 13.0. The molecule has 0 spiro atoms. The molecule has 0 saturated heterocycles. The van der Waals surface area contributed by atoms with E-state index in [1.165, 1.54) is 30.6 Å². The number of carbonyl (C=O) groups is 1. The van der Waals surface area contributed by atoms with Gasteiger partial charge in [0.1, 0.15) is 0 Å². The maximum Gasteiger partial charge on any atom is 0.221 e. The Morgan fingerprint density at radius 2 is 2.05 bits per heavy atom.